The largest absolute Gasteiger partial charge is 0.372 e. The molecule has 0 bridgehead atoms. The summed E-state index contributed by atoms with van der Waals surface area (Å²) >= 11 is 10.3. The van der Waals surface area contributed by atoms with Crippen molar-refractivity contribution < 1.29 is 0 Å². The Labute approximate surface area is 235 Å². The molecule has 0 aliphatic rings. The molecule has 0 atom stereocenters. The van der Waals surface area contributed by atoms with E-state index in [1.54, 1.807) is 6.07 Å². The molecule has 0 fully saturated rings. The normalized spacial score (nSPS) is 11.9. The zero-order valence-corrected chi connectivity index (χ0v) is 26.4. The quantitative estimate of drug-likeness (QED) is 0.276. The minimum atomic E-state index is -0.128. The highest BCUT2D eigenvalue weighted by molar-refractivity contribution is 7.71. The number of anilines is 2. The van der Waals surface area contributed by atoms with Gasteiger partial charge >= 0.3 is 0 Å². The van der Waals surface area contributed by atoms with E-state index in [1.165, 1.54) is 19.3 Å². The van der Waals surface area contributed by atoms with Crippen LogP contribution in [-0.2, 0) is 5.41 Å². The van der Waals surface area contributed by atoms with Crippen molar-refractivity contribution in [1.29, 1.82) is 0 Å². The van der Waals surface area contributed by atoms with Gasteiger partial charge < -0.3 is 19.6 Å². The molecule has 2 aromatic carbocycles. The van der Waals surface area contributed by atoms with E-state index < -0.39 is 0 Å². The molecule has 0 aliphatic carbocycles. The minimum absolute atomic E-state index is 0.000762. The molecule has 0 saturated carbocycles. The van der Waals surface area contributed by atoms with Crippen LogP contribution in [-0.4, -0.2) is 76.3 Å². The zero-order valence-electron chi connectivity index (χ0n) is 24.8. The fourth-order valence-electron chi connectivity index (χ4n) is 4.55. The lowest BCUT2D eigenvalue weighted by Gasteiger charge is -2.32. The number of hydrogen-bond acceptors (Lipinski definition) is 8. The zero-order chi connectivity index (χ0) is 28.3. The Morgan fingerprint density at radius 3 is 1.62 bits per heavy atom. The SMILES string of the molecule is CCCN(CC)CCN(C)c1c(C(C)(C)C)c(=O)c1=S.CCCN(CCC)CCN(C)c1cc(=O)c1=S. The second kappa shape index (κ2) is 15.8. The van der Waals surface area contributed by atoms with Crippen LogP contribution in [0.25, 0.3) is 0 Å². The number of likely N-dealkylation sites (N-methyl/N-ethyl adjacent to an activating group) is 3. The highest BCUT2D eigenvalue weighted by Crippen LogP contribution is 2.32. The molecule has 37 heavy (non-hydrogen) atoms. The minimum Gasteiger partial charge on any atom is -0.372 e. The Balaban J connectivity index is 0.000000375. The maximum absolute atomic E-state index is 12.0. The van der Waals surface area contributed by atoms with Crippen LogP contribution in [0.1, 0.15) is 73.3 Å². The van der Waals surface area contributed by atoms with Gasteiger partial charge in [0.25, 0.3) is 0 Å². The summed E-state index contributed by atoms with van der Waals surface area (Å²) in [6.07, 6.45) is 3.54. The molecule has 0 unspecified atom stereocenters. The predicted octanol–water partition coefficient (Wildman–Crippen LogP) is 5.33. The molecule has 2 rings (SSSR count). The standard InChI is InChI=1S/C16H28N2OS.C13H22N2OS/c1-7-9-18(8-2)11-10-17(6)13-12(16(3,4)5)14(19)15(13)20;1-4-6-15(7-5-2)9-8-14(3)11-10-12(16)13(11)17/h7-11H2,1-6H3;10H,4-9H2,1-3H3. The van der Waals surface area contributed by atoms with E-state index >= 15 is 0 Å². The van der Waals surface area contributed by atoms with Gasteiger partial charge in [-0.1, -0.05) is 72.9 Å². The first-order chi connectivity index (χ1) is 17.3. The fraction of sp³-hybridized carbons (Fsp3) is 0.724. The van der Waals surface area contributed by atoms with Crippen LogP contribution in [0.2, 0.25) is 0 Å². The predicted molar refractivity (Wildman–Crippen MR) is 167 cm³/mol. The third-order valence-corrected chi connectivity index (χ3v) is 7.51. The second-order valence-electron chi connectivity index (χ2n) is 11.0. The number of hydrogen-bond donors (Lipinski definition) is 0. The molecule has 2 aromatic rings. The van der Waals surface area contributed by atoms with Crippen molar-refractivity contribution >= 4 is 35.8 Å². The van der Waals surface area contributed by atoms with Crippen molar-refractivity contribution in [2.75, 3.05) is 76.3 Å². The Morgan fingerprint density at radius 2 is 1.19 bits per heavy atom. The highest BCUT2D eigenvalue weighted by atomic mass is 32.1. The van der Waals surface area contributed by atoms with E-state index in [9.17, 15) is 9.59 Å². The van der Waals surface area contributed by atoms with Gasteiger partial charge in [-0.3, -0.25) is 9.59 Å². The lowest BCUT2D eigenvalue weighted by molar-refractivity contribution is 0.281. The molecule has 0 aliphatic heterocycles. The average Bonchev–Trinajstić information content (AvgIpc) is 2.85. The lowest BCUT2D eigenvalue weighted by Crippen LogP contribution is -2.39. The summed E-state index contributed by atoms with van der Waals surface area (Å²) in [6.45, 7) is 23.4. The summed E-state index contributed by atoms with van der Waals surface area (Å²) in [5.74, 6) is 0. The van der Waals surface area contributed by atoms with Crippen molar-refractivity contribution in [2.24, 2.45) is 0 Å². The molecular formula is C29H50N4O2S2. The first-order valence-electron chi connectivity index (χ1n) is 13.8. The van der Waals surface area contributed by atoms with Crippen LogP contribution in [0.15, 0.2) is 15.7 Å². The van der Waals surface area contributed by atoms with E-state index in [0.29, 0.717) is 9.02 Å². The van der Waals surface area contributed by atoms with Crippen LogP contribution in [0.3, 0.4) is 0 Å². The summed E-state index contributed by atoms with van der Waals surface area (Å²) in [7, 11) is 4.04. The van der Waals surface area contributed by atoms with E-state index in [-0.39, 0.29) is 16.3 Å². The Morgan fingerprint density at radius 1 is 0.703 bits per heavy atom. The molecule has 0 spiro atoms. The van der Waals surface area contributed by atoms with E-state index in [0.717, 1.165) is 69.3 Å². The Kier molecular flexibility index (Phi) is 14.3. The van der Waals surface area contributed by atoms with Crippen molar-refractivity contribution in [1.82, 2.24) is 9.80 Å². The van der Waals surface area contributed by atoms with Crippen LogP contribution in [0, 0.1) is 9.02 Å². The van der Waals surface area contributed by atoms with Gasteiger partial charge in [0, 0.05) is 51.9 Å². The monoisotopic (exact) mass is 550 g/mol. The van der Waals surface area contributed by atoms with Gasteiger partial charge in [-0.05, 0) is 50.9 Å². The van der Waals surface area contributed by atoms with Crippen LogP contribution < -0.4 is 20.7 Å². The topological polar surface area (TPSA) is 47.1 Å². The maximum atomic E-state index is 12.0. The molecule has 0 radical (unpaired) electrons. The van der Waals surface area contributed by atoms with Crippen LogP contribution >= 0.6 is 24.4 Å². The van der Waals surface area contributed by atoms with Gasteiger partial charge in [0.05, 0.1) is 11.4 Å². The van der Waals surface area contributed by atoms with Gasteiger partial charge in [-0.2, -0.15) is 0 Å². The molecule has 8 heteroatoms. The number of rotatable bonds is 15. The molecule has 0 N–H and O–H groups in total. The van der Waals surface area contributed by atoms with Crippen molar-refractivity contribution in [3.05, 3.63) is 41.1 Å². The average molecular weight is 551 g/mol. The first-order valence-corrected chi connectivity index (χ1v) is 14.7. The first kappa shape index (κ1) is 33.5. The molecular weight excluding hydrogens is 500 g/mol. The number of nitrogens with zero attached hydrogens (tertiary/aromatic N) is 4. The summed E-state index contributed by atoms with van der Waals surface area (Å²) in [4.78, 5) is 32.1. The van der Waals surface area contributed by atoms with Crippen LogP contribution in [0.4, 0.5) is 11.4 Å². The Hall–Kier alpha value is -1.48. The molecule has 0 aromatic heterocycles. The van der Waals surface area contributed by atoms with E-state index in [4.69, 9.17) is 24.4 Å². The Bertz CT molecular complexity index is 1090. The molecule has 0 heterocycles. The molecule has 0 saturated heterocycles. The highest BCUT2D eigenvalue weighted by Gasteiger charge is 2.30. The van der Waals surface area contributed by atoms with Crippen molar-refractivity contribution in [3.8, 4) is 0 Å². The summed E-state index contributed by atoms with van der Waals surface area (Å²) in [6, 6.07) is 1.63. The summed E-state index contributed by atoms with van der Waals surface area (Å²) < 4.78 is 1.00. The maximum Gasteiger partial charge on any atom is 0.204 e. The van der Waals surface area contributed by atoms with Gasteiger partial charge in [0.1, 0.15) is 9.02 Å². The summed E-state index contributed by atoms with van der Waals surface area (Å²) in [5, 5.41) is 0. The van der Waals surface area contributed by atoms with Crippen molar-refractivity contribution in [2.45, 2.75) is 73.1 Å². The van der Waals surface area contributed by atoms with Gasteiger partial charge in [-0.25, -0.2) is 0 Å². The third-order valence-electron chi connectivity index (χ3n) is 6.72. The lowest BCUT2D eigenvalue weighted by atomic mass is 9.82. The summed E-state index contributed by atoms with van der Waals surface area (Å²) in [5.41, 5.74) is 2.75. The van der Waals surface area contributed by atoms with E-state index in [1.807, 2.05) is 14.1 Å². The second-order valence-corrected chi connectivity index (χ2v) is 11.8. The fourth-order valence-corrected chi connectivity index (χ4v) is 5.19. The van der Waals surface area contributed by atoms with Crippen molar-refractivity contribution in [3.63, 3.8) is 0 Å². The third kappa shape index (κ3) is 9.65. The van der Waals surface area contributed by atoms with Gasteiger partial charge in [0.2, 0.25) is 10.9 Å². The molecule has 6 nitrogen and oxygen atoms in total. The smallest absolute Gasteiger partial charge is 0.204 e. The van der Waals surface area contributed by atoms with Gasteiger partial charge in [0.15, 0.2) is 0 Å². The van der Waals surface area contributed by atoms with E-state index in [2.05, 4.69) is 68.1 Å². The molecule has 0 amide bonds. The van der Waals surface area contributed by atoms with Crippen LogP contribution in [0.5, 0.6) is 0 Å². The molecule has 210 valence electrons. The van der Waals surface area contributed by atoms with Gasteiger partial charge in [-0.15, -0.1) is 0 Å².